The summed E-state index contributed by atoms with van der Waals surface area (Å²) >= 11 is 0. The molecule has 10 heavy (non-hydrogen) atoms. The summed E-state index contributed by atoms with van der Waals surface area (Å²) < 4.78 is 9.48. The van der Waals surface area contributed by atoms with Crippen molar-refractivity contribution >= 4 is 0 Å². The molecule has 1 heterocycles. The molecule has 1 aromatic rings. The molecule has 0 spiro atoms. The molecule has 0 aromatic carbocycles. The van der Waals surface area contributed by atoms with Gasteiger partial charge in [0.15, 0.2) is 5.82 Å². The maximum atomic E-state index is 5.23. The van der Waals surface area contributed by atoms with Crippen LogP contribution in [-0.2, 0) is 17.9 Å². The van der Waals surface area contributed by atoms with Gasteiger partial charge in [0.2, 0.25) is 0 Å². The molecule has 56 valence electrons. The average Bonchev–Trinajstić information content (AvgIpc) is 2.37. The van der Waals surface area contributed by atoms with Gasteiger partial charge in [0.05, 0.1) is 6.54 Å². The minimum absolute atomic E-state index is 0.299. The third kappa shape index (κ3) is 1.52. The van der Waals surface area contributed by atoms with Gasteiger partial charge in [-0.05, 0) is 0 Å². The quantitative estimate of drug-likeness (QED) is 0.627. The van der Waals surface area contributed by atoms with Crippen molar-refractivity contribution in [1.82, 2.24) is 10.1 Å². The highest BCUT2D eigenvalue weighted by molar-refractivity contribution is 4.82. The zero-order valence-corrected chi connectivity index (χ0v) is 5.70. The highest BCUT2D eigenvalue weighted by Gasteiger charge is 2.01. The molecule has 0 fully saturated rings. The number of rotatable bonds is 3. The van der Waals surface area contributed by atoms with Crippen molar-refractivity contribution in [3.05, 3.63) is 11.7 Å². The second kappa shape index (κ2) is 3.28. The zero-order valence-electron chi connectivity index (χ0n) is 5.70. The summed E-state index contributed by atoms with van der Waals surface area (Å²) in [5, 5.41) is 3.56. The summed E-state index contributed by atoms with van der Waals surface area (Å²) in [5.74, 6) is 0.968. The average molecular weight is 143 g/mol. The van der Waals surface area contributed by atoms with E-state index >= 15 is 0 Å². The Bertz CT molecular complexity index is 199. The first-order valence-corrected chi connectivity index (χ1v) is 2.87. The van der Waals surface area contributed by atoms with Crippen LogP contribution in [-0.4, -0.2) is 17.3 Å². The van der Waals surface area contributed by atoms with Crippen LogP contribution in [0.15, 0.2) is 4.52 Å². The van der Waals surface area contributed by atoms with Gasteiger partial charge < -0.3 is 15.0 Å². The molecule has 0 amide bonds. The summed E-state index contributed by atoms with van der Waals surface area (Å²) in [5.41, 5.74) is 5.23. The van der Waals surface area contributed by atoms with Crippen LogP contribution in [0.1, 0.15) is 11.7 Å². The summed E-state index contributed by atoms with van der Waals surface area (Å²) in [4.78, 5) is 3.89. The first kappa shape index (κ1) is 7.17. The van der Waals surface area contributed by atoms with Crippen LogP contribution >= 0.6 is 0 Å². The lowest BCUT2D eigenvalue weighted by atomic mass is 10.6. The molecule has 0 aliphatic rings. The summed E-state index contributed by atoms with van der Waals surface area (Å²) in [7, 11) is 1.56. The molecule has 2 N–H and O–H groups in total. The van der Waals surface area contributed by atoms with Crippen molar-refractivity contribution in [2.75, 3.05) is 7.11 Å². The van der Waals surface area contributed by atoms with Crippen molar-refractivity contribution in [3.63, 3.8) is 0 Å². The Labute approximate surface area is 58.2 Å². The predicted molar refractivity (Wildman–Crippen MR) is 32.9 cm³/mol. The highest BCUT2D eigenvalue weighted by atomic mass is 16.5. The van der Waals surface area contributed by atoms with Crippen LogP contribution in [0.25, 0.3) is 0 Å². The Kier molecular flexibility index (Phi) is 2.35. The molecule has 1 aromatic heterocycles. The SMILES string of the molecule is COCc1nc(CN)no1. The Hall–Kier alpha value is -0.940. The molecule has 0 aliphatic heterocycles. The number of methoxy groups -OCH3 is 1. The van der Waals surface area contributed by atoms with E-state index in [1.165, 1.54) is 0 Å². The Morgan fingerprint density at radius 2 is 2.50 bits per heavy atom. The van der Waals surface area contributed by atoms with Crippen molar-refractivity contribution in [2.24, 2.45) is 5.73 Å². The minimum atomic E-state index is 0.299. The van der Waals surface area contributed by atoms with E-state index < -0.39 is 0 Å². The highest BCUT2D eigenvalue weighted by Crippen LogP contribution is 1.96. The topological polar surface area (TPSA) is 74.2 Å². The third-order valence-corrected chi connectivity index (χ3v) is 0.961. The van der Waals surface area contributed by atoms with E-state index in [4.69, 9.17) is 15.0 Å². The molecule has 0 aliphatic carbocycles. The van der Waals surface area contributed by atoms with Gasteiger partial charge in [-0.1, -0.05) is 5.16 Å². The lowest BCUT2D eigenvalue weighted by molar-refractivity contribution is 0.151. The van der Waals surface area contributed by atoms with Gasteiger partial charge in [0, 0.05) is 7.11 Å². The fourth-order valence-corrected chi connectivity index (χ4v) is 0.555. The Morgan fingerprint density at radius 3 is 3.00 bits per heavy atom. The summed E-state index contributed by atoms with van der Waals surface area (Å²) in [6, 6.07) is 0. The molecule has 0 bridgehead atoms. The Balaban J connectivity index is 2.59. The predicted octanol–water partition coefficient (Wildman–Crippen LogP) is -0.325. The van der Waals surface area contributed by atoms with Gasteiger partial charge in [-0.3, -0.25) is 0 Å². The van der Waals surface area contributed by atoms with Gasteiger partial charge in [0.1, 0.15) is 6.61 Å². The molecule has 0 saturated heterocycles. The van der Waals surface area contributed by atoms with Crippen LogP contribution in [0.3, 0.4) is 0 Å². The van der Waals surface area contributed by atoms with E-state index in [2.05, 4.69) is 10.1 Å². The summed E-state index contributed by atoms with van der Waals surface area (Å²) in [6.45, 7) is 0.639. The molecule has 0 radical (unpaired) electrons. The fraction of sp³-hybridized carbons (Fsp3) is 0.600. The molecule has 0 unspecified atom stereocenters. The standard InChI is InChI=1S/C5H9N3O2/c1-9-3-5-7-4(2-6)8-10-5/h2-3,6H2,1H3. The molecule has 1 rings (SSSR count). The number of nitrogens with two attached hydrogens (primary N) is 1. The molecule has 5 heteroatoms. The first-order valence-electron chi connectivity index (χ1n) is 2.87. The first-order chi connectivity index (χ1) is 4.86. The molecule has 0 atom stereocenters. The van der Waals surface area contributed by atoms with Crippen molar-refractivity contribution in [1.29, 1.82) is 0 Å². The Morgan fingerprint density at radius 1 is 1.70 bits per heavy atom. The largest absolute Gasteiger partial charge is 0.375 e. The van der Waals surface area contributed by atoms with Crippen LogP contribution in [0.4, 0.5) is 0 Å². The van der Waals surface area contributed by atoms with Gasteiger partial charge in [0.25, 0.3) is 5.89 Å². The summed E-state index contributed by atoms with van der Waals surface area (Å²) in [6.07, 6.45) is 0. The van der Waals surface area contributed by atoms with E-state index in [9.17, 15) is 0 Å². The second-order valence-electron chi connectivity index (χ2n) is 1.74. The van der Waals surface area contributed by atoms with E-state index in [1.54, 1.807) is 7.11 Å². The van der Waals surface area contributed by atoms with Crippen molar-refractivity contribution in [2.45, 2.75) is 13.2 Å². The van der Waals surface area contributed by atoms with E-state index in [0.717, 1.165) is 0 Å². The van der Waals surface area contributed by atoms with E-state index in [-0.39, 0.29) is 0 Å². The molecular weight excluding hydrogens is 134 g/mol. The van der Waals surface area contributed by atoms with Gasteiger partial charge in [-0.15, -0.1) is 0 Å². The van der Waals surface area contributed by atoms with Gasteiger partial charge >= 0.3 is 0 Å². The van der Waals surface area contributed by atoms with E-state index in [0.29, 0.717) is 24.9 Å². The maximum absolute atomic E-state index is 5.23. The maximum Gasteiger partial charge on any atom is 0.252 e. The fourth-order valence-electron chi connectivity index (χ4n) is 0.555. The molecule has 0 saturated carbocycles. The smallest absolute Gasteiger partial charge is 0.252 e. The van der Waals surface area contributed by atoms with Gasteiger partial charge in [-0.2, -0.15) is 4.98 Å². The zero-order chi connectivity index (χ0) is 7.40. The number of hydrogen-bond donors (Lipinski definition) is 1. The number of hydrogen-bond acceptors (Lipinski definition) is 5. The minimum Gasteiger partial charge on any atom is -0.375 e. The second-order valence-corrected chi connectivity index (χ2v) is 1.74. The number of nitrogens with zero attached hydrogens (tertiary/aromatic N) is 2. The molecule has 5 nitrogen and oxygen atoms in total. The van der Waals surface area contributed by atoms with Crippen LogP contribution in [0, 0.1) is 0 Å². The van der Waals surface area contributed by atoms with Crippen molar-refractivity contribution in [3.8, 4) is 0 Å². The van der Waals surface area contributed by atoms with Crippen molar-refractivity contribution < 1.29 is 9.26 Å². The lowest BCUT2D eigenvalue weighted by Gasteiger charge is -1.85. The van der Waals surface area contributed by atoms with E-state index in [1.807, 2.05) is 0 Å². The monoisotopic (exact) mass is 143 g/mol. The third-order valence-electron chi connectivity index (χ3n) is 0.961. The number of ether oxygens (including phenoxy) is 1. The normalized spacial score (nSPS) is 10.2. The number of aromatic nitrogens is 2. The van der Waals surface area contributed by atoms with Crippen LogP contribution < -0.4 is 5.73 Å². The molecular formula is C5H9N3O2. The van der Waals surface area contributed by atoms with Crippen LogP contribution in [0.5, 0.6) is 0 Å². The van der Waals surface area contributed by atoms with Crippen LogP contribution in [0.2, 0.25) is 0 Å². The van der Waals surface area contributed by atoms with Gasteiger partial charge in [-0.25, -0.2) is 0 Å². The lowest BCUT2D eigenvalue weighted by Crippen LogP contribution is -1.98.